The van der Waals surface area contributed by atoms with E-state index in [4.69, 9.17) is 4.74 Å². The van der Waals surface area contributed by atoms with Crippen molar-refractivity contribution in [1.29, 1.82) is 0 Å². The van der Waals surface area contributed by atoms with Gasteiger partial charge in [-0.25, -0.2) is 13.1 Å². The Bertz CT molecular complexity index is 846. The van der Waals surface area contributed by atoms with E-state index in [2.05, 4.69) is 4.72 Å². The van der Waals surface area contributed by atoms with E-state index in [9.17, 15) is 13.5 Å². The fourth-order valence-corrected chi connectivity index (χ4v) is 3.77. The molecule has 6 heteroatoms. The molecule has 0 aliphatic carbocycles. The summed E-state index contributed by atoms with van der Waals surface area (Å²) in [6.45, 7) is 5.84. The molecule has 2 aromatic carbocycles. The van der Waals surface area contributed by atoms with Gasteiger partial charge in [0, 0.05) is 0 Å². The summed E-state index contributed by atoms with van der Waals surface area (Å²) >= 11 is 0. The van der Waals surface area contributed by atoms with Crippen LogP contribution >= 0.6 is 0 Å². The van der Waals surface area contributed by atoms with Gasteiger partial charge in [0.25, 0.3) is 0 Å². The summed E-state index contributed by atoms with van der Waals surface area (Å²) < 4.78 is 33.7. The minimum Gasteiger partial charge on any atom is -0.387 e. The van der Waals surface area contributed by atoms with E-state index in [0.717, 1.165) is 11.1 Å². The summed E-state index contributed by atoms with van der Waals surface area (Å²) in [5, 5.41) is 10.6. The molecule has 0 unspecified atom stereocenters. The molecule has 0 fully saturated rings. The SMILES string of the molecule is C/C=C(\C)[C@@H](O)[C@@H](COCc1ccccc1)NS(=O)(=O)c1ccc(C)cc1. The summed E-state index contributed by atoms with van der Waals surface area (Å²) in [4.78, 5) is 0.159. The number of hydrogen-bond acceptors (Lipinski definition) is 4. The van der Waals surface area contributed by atoms with Crippen LogP contribution in [-0.4, -0.2) is 32.3 Å². The van der Waals surface area contributed by atoms with Crippen molar-refractivity contribution in [3.63, 3.8) is 0 Å². The van der Waals surface area contributed by atoms with Crippen molar-refractivity contribution >= 4 is 10.0 Å². The van der Waals surface area contributed by atoms with Gasteiger partial charge in [-0.2, -0.15) is 0 Å². The number of aliphatic hydroxyl groups excluding tert-OH is 1. The molecule has 0 aliphatic heterocycles. The smallest absolute Gasteiger partial charge is 0.240 e. The first-order valence-corrected chi connectivity index (χ1v) is 10.3. The molecule has 2 N–H and O–H groups in total. The third-order valence-electron chi connectivity index (χ3n) is 4.35. The van der Waals surface area contributed by atoms with E-state index in [-0.39, 0.29) is 11.5 Å². The third-order valence-corrected chi connectivity index (χ3v) is 5.86. The van der Waals surface area contributed by atoms with Crippen LogP contribution < -0.4 is 4.72 Å². The zero-order valence-corrected chi connectivity index (χ0v) is 16.7. The lowest BCUT2D eigenvalue weighted by Gasteiger charge is -2.25. The van der Waals surface area contributed by atoms with Gasteiger partial charge in [-0.05, 0) is 44.0 Å². The third kappa shape index (κ3) is 6.29. The van der Waals surface area contributed by atoms with Crippen LogP contribution in [0.2, 0.25) is 0 Å². The quantitative estimate of drug-likeness (QED) is 0.646. The maximum Gasteiger partial charge on any atom is 0.240 e. The number of ether oxygens (including phenoxy) is 1. The zero-order chi connectivity index (χ0) is 19.9. The van der Waals surface area contributed by atoms with Gasteiger partial charge in [-0.3, -0.25) is 0 Å². The largest absolute Gasteiger partial charge is 0.387 e. The Hall–Kier alpha value is -1.99. The first-order valence-electron chi connectivity index (χ1n) is 8.85. The molecular weight excluding hydrogens is 362 g/mol. The Morgan fingerprint density at radius 3 is 2.37 bits per heavy atom. The van der Waals surface area contributed by atoms with Gasteiger partial charge in [0.2, 0.25) is 10.0 Å². The molecule has 2 rings (SSSR count). The molecule has 0 aromatic heterocycles. The van der Waals surface area contributed by atoms with Gasteiger partial charge in [-0.1, -0.05) is 54.1 Å². The molecular formula is C21H27NO4S. The molecule has 0 heterocycles. The Morgan fingerprint density at radius 1 is 1.15 bits per heavy atom. The number of benzene rings is 2. The predicted molar refractivity (Wildman–Crippen MR) is 107 cm³/mol. The Labute approximate surface area is 161 Å². The molecule has 146 valence electrons. The van der Waals surface area contributed by atoms with Crippen molar-refractivity contribution in [2.75, 3.05) is 6.61 Å². The number of hydrogen-bond donors (Lipinski definition) is 2. The Balaban J connectivity index is 2.12. The van der Waals surface area contributed by atoms with Gasteiger partial charge in [0.1, 0.15) is 0 Å². The fraction of sp³-hybridized carbons (Fsp3) is 0.333. The predicted octanol–water partition coefficient (Wildman–Crippen LogP) is 3.19. The second kappa shape index (κ2) is 9.80. The van der Waals surface area contributed by atoms with E-state index >= 15 is 0 Å². The highest BCUT2D eigenvalue weighted by Crippen LogP contribution is 2.14. The molecule has 5 nitrogen and oxygen atoms in total. The van der Waals surface area contributed by atoms with Crippen molar-refractivity contribution in [2.45, 2.75) is 44.4 Å². The van der Waals surface area contributed by atoms with Crippen LogP contribution in [0.3, 0.4) is 0 Å². The number of aliphatic hydroxyl groups is 1. The summed E-state index contributed by atoms with van der Waals surface area (Å²) in [6, 6.07) is 15.4. The number of aryl methyl sites for hydroxylation is 1. The molecule has 0 saturated heterocycles. The molecule has 0 amide bonds. The highest BCUT2D eigenvalue weighted by atomic mass is 32.2. The van der Waals surface area contributed by atoms with Crippen molar-refractivity contribution in [1.82, 2.24) is 4.72 Å². The van der Waals surface area contributed by atoms with Crippen molar-refractivity contribution in [2.24, 2.45) is 0 Å². The van der Waals surface area contributed by atoms with Crippen LogP contribution in [0.5, 0.6) is 0 Å². The fourth-order valence-electron chi connectivity index (χ4n) is 2.54. The van der Waals surface area contributed by atoms with Crippen LogP contribution in [0, 0.1) is 6.92 Å². The van der Waals surface area contributed by atoms with Crippen LogP contribution in [-0.2, 0) is 21.4 Å². The standard InChI is InChI=1S/C21H27NO4S/c1-4-17(3)21(23)20(15-26-14-18-8-6-5-7-9-18)22-27(24,25)19-12-10-16(2)11-13-19/h4-13,20-23H,14-15H2,1-3H3/b17-4+/t20-,21-/m1/s1. The second-order valence-electron chi connectivity index (χ2n) is 6.52. The van der Waals surface area contributed by atoms with Crippen LogP contribution in [0.15, 0.2) is 71.1 Å². The maximum absolute atomic E-state index is 12.7. The van der Waals surface area contributed by atoms with Crippen LogP contribution in [0.1, 0.15) is 25.0 Å². The molecule has 0 spiro atoms. The number of allylic oxidation sites excluding steroid dienone is 1. The summed E-state index contributed by atoms with van der Waals surface area (Å²) in [5.74, 6) is 0. The van der Waals surface area contributed by atoms with E-state index in [1.165, 1.54) is 0 Å². The Morgan fingerprint density at radius 2 is 1.78 bits per heavy atom. The van der Waals surface area contributed by atoms with Crippen LogP contribution in [0.4, 0.5) is 0 Å². The monoisotopic (exact) mass is 389 g/mol. The minimum absolute atomic E-state index is 0.0479. The lowest BCUT2D eigenvalue weighted by atomic mass is 10.1. The first-order chi connectivity index (χ1) is 12.8. The minimum atomic E-state index is -3.78. The summed E-state index contributed by atoms with van der Waals surface area (Å²) in [7, 11) is -3.78. The summed E-state index contributed by atoms with van der Waals surface area (Å²) in [5.41, 5.74) is 2.63. The first kappa shape index (κ1) is 21.3. The average molecular weight is 390 g/mol. The van der Waals surface area contributed by atoms with E-state index < -0.39 is 22.2 Å². The van der Waals surface area contributed by atoms with Crippen molar-refractivity contribution in [3.05, 3.63) is 77.4 Å². The van der Waals surface area contributed by atoms with Gasteiger partial charge in [0.15, 0.2) is 0 Å². The van der Waals surface area contributed by atoms with E-state index in [1.54, 1.807) is 44.2 Å². The maximum atomic E-state index is 12.7. The molecule has 0 bridgehead atoms. The lowest BCUT2D eigenvalue weighted by molar-refractivity contribution is 0.0621. The lowest BCUT2D eigenvalue weighted by Crippen LogP contribution is -2.46. The van der Waals surface area contributed by atoms with Crippen molar-refractivity contribution in [3.8, 4) is 0 Å². The number of nitrogens with one attached hydrogen (secondary N) is 1. The number of rotatable bonds is 9. The van der Waals surface area contributed by atoms with Crippen LogP contribution in [0.25, 0.3) is 0 Å². The molecule has 27 heavy (non-hydrogen) atoms. The molecule has 0 radical (unpaired) electrons. The second-order valence-corrected chi connectivity index (χ2v) is 8.23. The van der Waals surface area contributed by atoms with Gasteiger partial charge >= 0.3 is 0 Å². The average Bonchev–Trinajstić information content (AvgIpc) is 2.67. The zero-order valence-electron chi connectivity index (χ0n) is 15.9. The van der Waals surface area contributed by atoms with E-state index in [0.29, 0.717) is 12.2 Å². The molecule has 2 atom stereocenters. The normalized spacial score (nSPS) is 14.7. The topological polar surface area (TPSA) is 75.6 Å². The van der Waals surface area contributed by atoms with Gasteiger partial charge in [-0.15, -0.1) is 0 Å². The highest BCUT2D eigenvalue weighted by molar-refractivity contribution is 7.89. The highest BCUT2D eigenvalue weighted by Gasteiger charge is 2.27. The Kier molecular flexibility index (Phi) is 7.74. The molecule has 0 aliphatic rings. The summed E-state index contributed by atoms with van der Waals surface area (Å²) in [6.07, 6.45) is 0.778. The molecule has 0 saturated carbocycles. The number of sulfonamides is 1. The van der Waals surface area contributed by atoms with Crippen molar-refractivity contribution < 1.29 is 18.3 Å². The van der Waals surface area contributed by atoms with E-state index in [1.807, 2.05) is 37.3 Å². The van der Waals surface area contributed by atoms with Gasteiger partial charge in [0.05, 0.1) is 30.3 Å². The molecule has 2 aromatic rings. The van der Waals surface area contributed by atoms with Gasteiger partial charge < -0.3 is 9.84 Å².